The van der Waals surface area contributed by atoms with Gasteiger partial charge in [-0.3, -0.25) is 4.98 Å². The molecule has 0 radical (unpaired) electrons. The molecule has 1 aromatic rings. The Morgan fingerprint density at radius 1 is 1.58 bits per heavy atom. The molecule has 4 heteroatoms. The van der Waals surface area contributed by atoms with Crippen molar-refractivity contribution in [3.63, 3.8) is 0 Å². The van der Waals surface area contributed by atoms with Crippen molar-refractivity contribution < 1.29 is 4.74 Å². The van der Waals surface area contributed by atoms with E-state index in [1.165, 1.54) is 0 Å². The summed E-state index contributed by atoms with van der Waals surface area (Å²) in [5.41, 5.74) is 2.14. The van der Waals surface area contributed by atoms with Crippen LogP contribution in [0.25, 0.3) is 0 Å². The minimum absolute atomic E-state index is 0. The van der Waals surface area contributed by atoms with E-state index in [2.05, 4.69) is 20.9 Å². The molecule has 0 saturated carbocycles. The van der Waals surface area contributed by atoms with Crippen LogP contribution in [-0.4, -0.2) is 12.1 Å². The monoisotopic (exact) mass is 251 g/mol. The quantitative estimate of drug-likeness (QED) is 0.755. The first-order valence-electron chi connectivity index (χ1n) is 3.34. The Balaban J connectivity index is 0.00000121. The molecule has 12 heavy (non-hydrogen) atoms. The van der Waals surface area contributed by atoms with Gasteiger partial charge in [-0.15, -0.1) is 12.4 Å². The topological polar surface area (TPSA) is 22.1 Å². The van der Waals surface area contributed by atoms with Crippen LogP contribution in [-0.2, 0) is 5.33 Å². The summed E-state index contributed by atoms with van der Waals surface area (Å²) in [4.78, 5) is 4.18. The summed E-state index contributed by atoms with van der Waals surface area (Å²) in [7, 11) is 1.67. The Kier molecular flexibility index (Phi) is 5.25. The average Bonchev–Trinajstić information content (AvgIpc) is 2.05. The number of rotatable bonds is 2. The number of ether oxygens (including phenoxy) is 1. The van der Waals surface area contributed by atoms with Gasteiger partial charge in [0.15, 0.2) is 0 Å². The van der Waals surface area contributed by atoms with Gasteiger partial charge in [0.05, 0.1) is 12.8 Å². The molecule has 0 aliphatic heterocycles. The molecular weight excluding hydrogens is 241 g/mol. The highest BCUT2D eigenvalue weighted by molar-refractivity contribution is 9.08. The van der Waals surface area contributed by atoms with Gasteiger partial charge in [0, 0.05) is 17.1 Å². The third-order valence-corrected chi connectivity index (χ3v) is 2.14. The Labute approximate surface area is 86.9 Å². The molecule has 0 spiro atoms. The van der Waals surface area contributed by atoms with Crippen LogP contribution >= 0.6 is 28.3 Å². The average molecular weight is 253 g/mol. The van der Waals surface area contributed by atoms with E-state index in [1.54, 1.807) is 13.3 Å². The second-order valence-corrected chi connectivity index (χ2v) is 2.78. The fourth-order valence-electron chi connectivity index (χ4n) is 0.915. The predicted octanol–water partition coefficient (Wildman–Crippen LogP) is 2.72. The maximum absolute atomic E-state index is 5.13. The Bertz CT molecular complexity index is 233. The standard InChI is InChI=1S/C8H10BrNO.ClH/c1-6-7(5-9)10-4-3-8(6)11-2;/h3-4H,5H2,1-2H3;1H. The van der Waals surface area contributed by atoms with E-state index in [-0.39, 0.29) is 12.4 Å². The Morgan fingerprint density at radius 2 is 2.25 bits per heavy atom. The first-order valence-corrected chi connectivity index (χ1v) is 4.46. The number of aromatic nitrogens is 1. The minimum Gasteiger partial charge on any atom is -0.496 e. The van der Waals surface area contributed by atoms with Crippen molar-refractivity contribution in [2.24, 2.45) is 0 Å². The van der Waals surface area contributed by atoms with Gasteiger partial charge in [-0.1, -0.05) is 15.9 Å². The number of hydrogen-bond acceptors (Lipinski definition) is 2. The number of hydrogen-bond donors (Lipinski definition) is 0. The van der Waals surface area contributed by atoms with Crippen molar-refractivity contribution in [1.82, 2.24) is 4.98 Å². The van der Waals surface area contributed by atoms with Gasteiger partial charge in [0.1, 0.15) is 5.75 Å². The molecule has 0 N–H and O–H groups in total. The summed E-state index contributed by atoms with van der Waals surface area (Å²) in [6.07, 6.45) is 1.75. The van der Waals surface area contributed by atoms with Gasteiger partial charge in [-0.05, 0) is 13.0 Å². The Hall–Kier alpha value is -0.280. The fourth-order valence-corrected chi connectivity index (χ4v) is 1.48. The van der Waals surface area contributed by atoms with Crippen LogP contribution in [0.4, 0.5) is 0 Å². The zero-order chi connectivity index (χ0) is 8.27. The molecular formula is C8H11BrClNO. The van der Waals surface area contributed by atoms with Crippen molar-refractivity contribution in [2.75, 3.05) is 7.11 Å². The molecule has 0 unspecified atom stereocenters. The third kappa shape index (κ3) is 2.35. The molecule has 2 nitrogen and oxygen atoms in total. The van der Waals surface area contributed by atoms with Crippen LogP contribution in [0.1, 0.15) is 11.3 Å². The molecule has 0 amide bonds. The molecule has 0 saturated heterocycles. The summed E-state index contributed by atoms with van der Waals surface area (Å²) in [6.45, 7) is 2.00. The number of nitrogens with zero attached hydrogens (tertiary/aromatic N) is 1. The summed E-state index contributed by atoms with van der Waals surface area (Å²) in [5, 5.41) is 0.774. The van der Waals surface area contributed by atoms with Crippen molar-refractivity contribution in [3.05, 3.63) is 23.5 Å². The zero-order valence-corrected chi connectivity index (χ0v) is 9.41. The zero-order valence-electron chi connectivity index (χ0n) is 7.00. The van der Waals surface area contributed by atoms with Crippen LogP contribution in [0.2, 0.25) is 0 Å². The van der Waals surface area contributed by atoms with Crippen LogP contribution in [0.3, 0.4) is 0 Å². The lowest BCUT2D eigenvalue weighted by Crippen LogP contribution is -1.93. The second kappa shape index (κ2) is 5.38. The highest BCUT2D eigenvalue weighted by Gasteiger charge is 2.02. The smallest absolute Gasteiger partial charge is 0.125 e. The second-order valence-electron chi connectivity index (χ2n) is 2.22. The van der Waals surface area contributed by atoms with E-state index in [0.29, 0.717) is 0 Å². The number of methoxy groups -OCH3 is 1. The molecule has 1 rings (SSSR count). The summed E-state index contributed by atoms with van der Waals surface area (Å²) in [5.74, 6) is 0.898. The summed E-state index contributed by atoms with van der Waals surface area (Å²) in [6, 6.07) is 1.86. The first-order chi connectivity index (χ1) is 5.29. The van der Waals surface area contributed by atoms with Crippen molar-refractivity contribution in [1.29, 1.82) is 0 Å². The maximum atomic E-state index is 5.13. The predicted molar refractivity (Wildman–Crippen MR) is 55.4 cm³/mol. The molecule has 0 atom stereocenters. The van der Waals surface area contributed by atoms with E-state index < -0.39 is 0 Å². The number of pyridine rings is 1. The largest absolute Gasteiger partial charge is 0.496 e. The normalized spacial score (nSPS) is 8.92. The van der Waals surface area contributed by atoms with E-state index in [1.807, 2.05) is 13.0 Å². The van der Waals surface area contributed by atoms with Crippen LogP contribution in [0.15, 0.2) is 12.3 Å². The van der Waals surface area contributed by atoms with E-state index in [9.17, 15) is 0 Å². The number of alkyl halides is 1. The Morgan fingerprint density at radius 3 is 2.75 bits per heavy atom. The van der Waals surface area contributed by atoms with E-state index >= 15 is 0 Å². The maximum Gasteiger partial charge on any atom is 0.125 e. The molecule has 1 aromatic heterocycles. The van der Waals surface area contributed by atoms with Crippen LogP contribution in [0.5, 0.6) is 5.75 Å². The van der Waals surface area contributed by atoms with Gasteiger partial charge < -0.3 is 4.74 Å². The van der Waals surface area contributed by atoms with Crippen molar-refractivity contribution in [3.8, 4) is 5.75 Å². The highest BCUT2D eigenvalue weighted by Crippen LogP contribution is 2.19. The molecule has 0 aromatic carbocycles. The fraction of sp³-hybridized carbons (Fsp3) is 0.375. The van der Waals surface area contributed by atoms with Gasteiger partial charge in [-0.25, -0.2) is 0 Å². The molecule has 0 fully saturated rings. The third-order valence-electron chi connectivity index (χ3n) is 1.61. The van der Waals surface area contributed by atoms with E-state index in [0.717, 1.165) is 22.3 Å². The lowest BCUT2D eigenvalue weighted by molar-refractivity contribution is 0.410. The minimum atomic E-state index is 0. The summed E-state index contributed by atoms with van der Waals surface area (Å²) < 4.78 is 5.13. The van der Waals surface area contributed by atoms with Gasteiger partial charge >= 0.3 is 0 Å². The van der Waals surface area contributed by atoms with Gasteiger partial charge in [0.2, 0.25) is 0 Å². The molecule has 68 valence electrons. The van der Waals surface area contributed by atoms with E-state index in [4.69, 9.17) is 4.74 Å². The molecule has 0 aliphatic rings. The lowest BCUT2D eigenvalue weighted by Gasteiger charge is -2.05. The van der Waals surface area contributed by atoms with Gasteiger partial charge in [0.25, 0.3) is 0 Å². The van der Waals surface area contributed by atoms with Crippen LogP contribution in [0, 0.1) is 6.92 Å². The van der Waals surface area contributed by atoms with Crippen molar-refractivity contribution >= 4 is 28.3 Å². The number of halogens is 2. The van der Waals surface area contributed by atoms with Crippen LogP contribution < -0.4 is 4.74 Å². The molecule has 1 heterocycles. The molecule has 0 bridgehead atoms. The van der Waals surface area contributed by atoms with Crippen molar-refractivity contribution in [2.45, 2.75) is 12.3 Å². The van der Waals surface area contributed by atoms with Gasteiger partial charge in [-0.2, -0.15) is 0 Å². The lowest BCUT2D eigenvalue weighted by atomic mass is 10.2. The SMILES string of the molecule is COc1ccnc(CBr)c1C.Cl. The highest BCUT2D eigenvalue weighted by atomic mass is 79.9. The summed E-state index contributed by atoms with van der Waals surface area (Å²) >= 11 is 3.35. The first kappa shape index (κ1) is 11.7. The molecule has 0 aliphatic carbocycles.